The number of nitrogens with zero attached hydrogens (tertiary/aromatic N) is 1. The highest BCUT2D eigenvalue weighted by atomic mass is 35.5. The molecular formula is C17H20ClNO. The molecule has 0 fully saturated rings. The molecule has 0 aliphatic carbocycles. The minimum absolute atomic E-state index is 0.743. The van der Waals surface area contributed by atoms with Gasteiger partial charge in [-0.25, -0.2) is 0 Å². The van der Waals surface area contributed by atoms with E-state index in [0.29, 0.717) is 0 Å². The molecule has 1 aromatic heterocycles. The van der Waals surface area contributed by atoms with Gasteiger partial charge in [0.05, 0.1) is 5.69 Å². The van der Waals surface area contributed by atoms with Crippen LogP contribution in [-0.2, 0) is 11.2 Å². The Morgan fingerprint density at radius 3 is 2.60 bits per heavy atom. The highest BCUT2D eigenvalue weighted by Crippen LogP contribution is 2.25. The first kappa shape index (κ1) is 15.0. The molecule has 3 heteroatoms. The van der Waals surface area contributed by atoms with Crippen LogP contribution in [0.4, 0.5) is 0 Å². The summed E-state index contributed by atoms with van der Waals surface area (Å²) in [6.07, 6.45) is 6.52. The normalized spacial score (nSPS) is 10.7. The summed E-state index contributed by atoms with van der Waals surface area (Å²) in [5, 5.41) is 0.743. The molecule has 0 aliphatic rings. The van der Waals surface area contributed by atoms with Crippen molar-refractivity contribution in [3.63, 3.8) is 0 Å². The first-order valence-electron chi connectivity index (χ1n) is 7.00. The van der Waals surface area contributed by atoms with Crippen molar-refractivity contribution in [1.29, 1.82) is 0 Å². The summed E-state index contributed by atoms with van der Waals surface area (Å²) in [6.45, 7) is 0.851. The fraction of sp³-hybridized carbons (Fsp3) is 0.353. The smallest absolute Gasteiger partial charge is 0.0717 e. The Morgan fingerprint density at radius 2 is 1.90 bits per heavy atom. The molecule has 106 valence electrons. The van der Waals surface area contributed by atoms with E-state index in [4.69, 9.17) is 16.3 Å². The van der Waals surface area contributed by atoms with E-state index in [2.05, 4.69) is 11.1 Å². The molecule has 0 spiro atoms. The number of aryl methyl sites for hydroxylation is 1. The number of hydrogen-bond acceptors (Lipinski definition) is 2. The molecule has 0 unspecified atom stereocenters. The quantitative estimate of drug-likeness (QED) is 0.686. The second-order valence-corrected chi connectivity index (χ2v) is 5.24. The van der Waals surface area contributed by atoms with Crippen LogP contribution < -0.4 is 0 Å². The van der Waals surface area contributed by atoms with E-state index in [1.54, 1.807) is 7.11 Å². The number of rotatable bonds is 7. The Labute approximate surface area is 125 Å². The van der Waals surface area contributed by atoms with Crippen LogP contribution in [0.1, 0.15) is 24.8 Å². The minimum Gasteiger partial charge on any atom is -0.385 e. The van der Waals surface area contributed by atoms with Gasteiger partial charge in [-0.2, -0.15) is 0 Å². The van der Waals surface area contributed by atoms with Crippen molar-refractivity contribution < 1.29 is 4.74 Å². The van der Waals surface area contributed by atoms with Gasteiger partial charge < -0.3 is 4.74 Å². The van der Waals surface area contributed by atoms with Crippen LogP contribution in [0.25, 0.3) is 11.3 Å². The third kappa shape index (κ3) is 4.32. The van der Waals surface area contributed by atoms with Crippen molar-refractivity contribution in [1.82, 2.24) is 4.98 Å². The Bertz CT molecular complexity index is 525. The predicted molar refractivity (Wildman–Crippen MR) is 84.1 cm³/mol. The maximum absolute atomic E-state index is 6.18. The van der Waals surface area contributed by atoms with Crippen LogP contribution in [-0.4, -0.2) is 18.7 Å². The van der Waals surface area contributed by atoms with E-state index in [1.165, 1.54) is 18.4 Å². The molecule has 0 saturated carbocycles. The molecule has 0 amide bonds. The van der Waals surface area contributed by atoms with Crippen LogP contribution in [0.3, 0.4) is 0 Å². The number of hydrogen-bond donors (Lipinski definition) is 0. The van der Waals surface area contributed by atoms with E-state index in [1.807, 2.05) is 36.5 Å². The fourth-order valence-electron chi connectivity index (χ4n) is 2.15. The SMILES string of the molecule is COCCCCCc1ccc(-c2ccccc2Cl)nc1. The monoisotopic (exact) mass is 289 g/mol. The van der Waals surface area contributed by atoms with Crippen molar-refractivity contribution in [2.24, 2.45) is 0 Å². The standard InChI is InChI=1S/C17H20ClNO/c1-20-12-6-2-3-7-14-10-11-17(19-13-14)15-8-4-5-9-16(15)18/h4-5,8-11,13H,2-3,6-7,12H2,1H3. The summed E-state index contributed by atoms with van der Waals surface area (Å²) < 4.78 is 5.05. The van der Waals surface area contributed by atoms with Gasteiger partial charge in [0.15, 0.2) is 0 Å². The lowest BCUT2D eigenvalue weighted by Crippen LogP contribution is -1.92. The van der Waals surface area contributed by atoms with Gasteiger partial charge in [0.1, 0.15) is 0 Å². The average molecular weight is 290 g/mol. The van der Waals surface area contributed by atoms with Gasteiger partial charge in [0, 0.05) is 30.5 Å². The Balaban J connectivity index is 1.92. The summed E-state index contributed by atoms with van der Waals surface area (Å²) >= 11 is 6.18. The van der Waals surface area contributed by atoms with Gasteiger partial charge in [-0.1, -0.05) is 42.3 Å². The zero-order chi connectivity index (χ0) is 14.2. The van der Waals surface area contributed by atoms with Crippen LogP contribution in [0.15, 0.2) is 42.6 Å². The first-order chi connectivity index (χ1) is 9.81. The molecule has 0 radical (unpaired) electrons. The van der Waals surface area contributed by atoms with E-state index in [9.17, 15) is 0 Å². The molecule has 2 nitrogen and oxygen atoms in total. The van der Waals surface area contributed by atoms with Crippen LogP contribution >= 0.6 is 11.6 Å². The Kier molecular flexibility index (Phi) is 6.03. The molecule has 20 heavy (non-hydrogen) atoms. The third-order valence-corrected chi connectivity index (χ3v) is 3.62. The Morgan fingerprint density at radius 1 is 1.05 bits per heavy atom. The summed E-state index contributed by atoms with van der Waals surface area (Å²) in [5.41, 5.74) is 3.19. The molecule has 0 bridgehead atoms. The summed E-state index contributed by atoms with van der Waals surface area (Å²) in [4.78, 5) is 4.52. The number of methoxy groups -OCH3 is 1. The van der Waals surface area contributed by atoms with Gasteiger partial charge in [0.25, 0.3) is 0 Å². The van der Waals surface area contributed by atoms with E-state index in [0.717, 1.165) is 35.7 Å². The highest BCUT2D eigenvalue weighted by Gasteiger charge is 2.03. The number of pyridine rings is 1. The fourth-order valence-corrected chi connectivity index (χ4v) is 2.39. The summed E-state index contributed by atoms with van der Waals surface area (Å²) in [5.74, 6) is 0. The van der Waals surface area contributed by atoms with Crippen molar-refractivity contribution in [2.75, 3.05) is 13.7 Å². The molecule has 0 aliphatic heterocycles. The minimum atomic E-state index is 0.743. The Hall–Kier alpha value is -1.38. The molecule has 0 saturated heterocycles. The largest absolute Gasteiger partial charge is 0.385 e. The van der Waals surface area contributed by atoms with Gasteiger partial charge in [0.2, 0.25) is 0 Å². The highest BCUT2D eigenvalue weighted by molar-refractivity contribution is 6.33. The zero-order valence-corrected chi connectivity index (χ0v) is 12.6. The van der Waals surface area contributed by atoms with Gasteiger partial charge >= 0.3 is 0 Å². The van der Waals surface area contributed by atoms with Crippen molar-refractivity contribution in [3.05, 3.63) is 53.2 Å². The maximum atomic E-state index is 6.18. The van der Waals surface area contributed by atoms with Crippen LogP contribution in [0.2, 0.25) is 5.02 Å². The summed E-state index contributed by atoms with van der Waals surface area (Å²) in [7, 11) is 1.75. The second-order valence-electron chi connectivity index (χ2n) is 4.83. The number of unbranched alkanes of at least 4 members (excludes halogenated alkanes) is 2. The predicted octanol–water partition coefficient (Wildman–Crippen LogP) is 4.76. The van der Waals surface area contributed by atoms with Gasteiger partial charge in [-0.15, -0.1) is 0 Å². The van der Waals surface area contributed by atoms with Gasteiger partial charge in [-0.3, -0.25) is 4.98 Å². The molecular weight excluding hydrogens is 270 g/mol. The molecule has 1 aromatic carbocycles. The number of ether oxygens (including phenoxy) is 1. The van der Waals surface area contributed by atoms with Crippen molar-refractivity contribution in [3.8, 4) is 11.3 Å². The lowest BCUT2D eigenvalue weighted by molar-refractivity contribution is 0.192. The molecule has 1 heterocycles. The number of halogens is 1. The number of benzene rings is 1. The lowest BCUT2D eigenvalue weighted by Gasteiger charge is -2.05. The van der Waals surface area contributed by atoms with E-state index < -0.39 is 0 Å². The molecule has 2 aromatic rings. The van der Waals surface area contributed by atoms with E-state index >= 15 is 0 Å². The van der Waals surface area contributed by atoms with Crippen LogP contribution in [0.5, 0.6) is 0 Å². The van der Waals surface area contributed by atoms with Crippen LogP contribution in [0, 0.1) is 0 Å². The van der Waals surface area contributed by atoms with Crippen molar-refractivity contribution in [2.45, 2.75) is 25.7 Å². The van der Waals surface area contributed by atoms with E-state index in [-0.39, 0.29) is 0 Å². The number of aromatic nitrogens is 1. The molecule has 0 N–H and O–H groups in total. The lowest BCUT2D eigenvalue weighted by atomic mass is 10.1. The average Bonchev–Trinajstić information content (AvgIpc) is 2.48. The van der Waals surface area contributed by atoms with Crippen molar-refractivity contribution >= 4 is 11.6 Å². The zero-order valence-electron chi connectivity index (χ0n) is 11.8. The maximum Gasteiger partial charge on any atom is 0.0717 e. The topological polar surface area (TPSA) is 22.1 Å². The molecule has 2 rings (SSSR count). The molecule has 0 atom stereocenters. The van der Waals surface area contributed by atoms with Gasteiger partial charge in [-0.05, 0) is 37.0 Å². The first-order valence-corrected chi connectivity index (χ1v) is 7.38. The second kappa shape index (κ2) is 8.03. The third-order valence-electron chi connectivity index (χ3n) is 3.29. The summed E-state index contributed by atoms with van der Waals surface area (Å²) in [6, 6.07) is 12.0.